The molecule has 0 radical (unpaired) electrons. The molecular formula is C12H17N3O2. The molecule has 92 valence electrons. The predicted molar refractivity (Wildman–Crippen MR) is 65.3 cm³/mol. The Morgan fingerprint density at radius 2 is 2.24 bits per heavy atom. The van der Waals surface area contributed by atoms with Gasteiger partial charge >= 0.3 is 6.09 Å². The lowest BCUT2D eigenvalue weighted by Crippen LogP contribution is -2.22. The highest BCUT2D eigenvalue weighted by atomic mass is 16.4. The van der Waals surface area contributed by atoms with Gasteiger partial charge in [0, 0.05) is 12.7 Å². The molecule has 5 heteroatoms. The monoisotopic (exact) mass is 235 g/mol. The van der Waals surface area contributed by atoms with Crippen molar-refractivity contribution in [1.29, 1.82) is 0 Å². The highest BCUT2D eigenvalue weighted by Crippen LogP contribution is 2.16. The Bertz CT molecular complexity index is 389. The van der Waals surface area contributed by atoms with Crippen molar-refractivity contribution < 1.29 is 9.90 Å². The van der Waals surface area contributed by atoms with Gasteiger partial charge in [0.2, 0.25) is 0 Å². The topological polar surface area (TPSA) is 65.5 Å². The fourth-order valence-corrected chi connectivity index (χ4v) is 2.15. The first kappa shape index (κ1) is 11.9. The first-order chi connectivity index (χ1) is 8.25. The van der Waals surface area contributed by atoms with Crippen molar-refractivity contribution in [3.8, 4) is 0 Å². The molecule has 0 saturated carbocycles. The number of aromatic nitrogens is 1. The summed E-state index contributed by atoms with van der Waals surface area (Å²) in [4.78, 5) is 17.0. The summed E-state index contributed by atoms with van der Waals surface area (Å²) in [6, 6.07) is 1.88. The van der Waals surface area contributed by atoms with Crippen LogP contribution >= 0.6 is 0 Å². The van der Waals surface area contributed by atoms with E-state index >= 15 is 0 Å². The Morgan fingerprint density at radius 3 is 2.94 bits per heavy atom. The van der Waals surface area contributed by atoms with E-state index in [4.69, 9.17) is 5.11 Å². The zero-order valence-electron chi connectivity index (χ0n) is 9.72. The number of rotatable bonds is 4. The van der Waals surface area contributed by atoms with Crippen molar-refractivity contribution in [3.05, 3.63) is 24.0 Å². The van der Waals surface area contributed by atoms with Crippen LogP contribution in [0.25, 0.3) is 0 Å². The molecular weight excluding hydrogens is 218 g/mol. The first-order valence-electron chi connectivity index (χ1n) is 5.91. The standard InChI is InChI=1S/C12H17N3O2/c16-12(17)14-11-9-13-5-3-10(11)4-8-15-6-1-2-7-15/h3,5,9,14H,1-2,4,6-8H2,(H,16,17). The van der Waals surface area contributed by atoms with Crippen molar-refractivity contribution in [1.82, 2.24) is 9.88 Å². The number of amides is 1. The van der Waals surface area contributed by atoms with E-state index in [-0.39, 0.29) is 0 Å². The molecule has 1 fully saturated rings. The largest absolute Gasteiger partial charge is 0.465 e. The molecule has 0 aromatic carbocycles. The van der Waals surface area contributed by atoms with Crippen LogP contribution in [-0.2, 0) is 6.42 Å². The van der Waals surface area contributed by atoms with Crippen molar-refractivity contribution in [3.63, 3.8) is 0 Å². The summed E-state index contributed by atoms with van der Waals surface area (Å²) in [5.41, 5.74) is 1.61. The average Bonchev–Trinajstić information content (AvgIpc) is 2.80. The number of likely N-dealkylation sites (tertiary alicyclic amines) is 1. The Hall–Kier alpha value is -1.62. The molecule has 0 atom stereocenters. The van der Waals surface area contributed by atoms with Gasteiger partial charge in [-0.1, -0.05) is 0 Å². The molecule has 1 aliphatic rings. The SMILES string of the molecule is O=C(O)Nc1cnccc1CCN1CCCC1. The van der Waals surface area contributed by atoms with Gasteiger partial charge in [0.05, 0.1) is 11.9 Å². The maximum Gasteiger partial charge on any atom is 0.409 e. The molecule has 1 aromatic heterocycles. The van der Waals surface area contributed by atoms with Crippen molar-refractivity contribution in [2.75, 3.05) is 25.0 Å². The van der Waals surface area contributed by atoms with E-state index in [0.29, 0.717) is 5.69 Å². The molecule has 0 spiro atoms. The lowest BCUT2D eigenvalue weighted by atomic mass is 10.1. The molecule has 2 heterocycles. The first-order valence-corrected chi connectivity index (χ1v) is 5.91. The van der Waals surface area contributed by atoms with Gasteiger partial charge in [0.15, 0.2) is 0 Å². The van der Waals surface area contributed by atoms with Gasteiger partial charge in [0.25, 0.3) is 0 Å². The van der Waals surface area contributed by atoms with Crippen LogP contribution in [0.1, 0.15) is 18.4 Å². The van der Waals surface area contributed by atoms with E-state index in [9.17, 15) is 4.79 Å². The Balaban J connectivity index is 1.96. The quantitative estimate of drug-likeness (QED) is 0.835. The summed E-state index contributed by atoms with van der Waals surface area (Å²) >= 11 is 0. The number of hydrogen-bond acceptors (Lipinski definition) is 3. The summed E-state index contributed by atoms with van der Waals surface area (Å²) in [6.07, 6.45) is 5.63. The Morgan fingerprint density at radius 1 is 1.47 bits per heavy atom. The van der Waals surface area contributed by atoms with Crippen LogP contribution in [0.4, 0.5) is 10.5 Å². The fourth-order valence-electron chi connectivity index (χ4n) is 2.15. The maximum atomic E-state index is 10.6. The van der Waals surface area contributed by atoms with Gasteiger partial charge < -0.3 is 10.0 Å². The van der Waals surface area contributed by atoms with Gasteiger partial charge in [0.1, 0.15) is 0 Å². The summed E-state index contributed by atoms with van der Waals surface area (Å²) in [6.45, 7) is 3.30. The van der Waals surface area contributed by atoms with Crippen molar-refractivity contribution >= 4 is 11.8 Å². The number of nitrogens with one attached hydrogen (secondary N) is 1. The molecule has 1 saturated heterocycles. The Labute approximate surface area is 100 Å². The average molecular weight is 235 g/mol. The summed E-state index contributed by atoms with van der Waals surface area (Å²) in [5.74, 6) is 0. The van der Waals surface area contributed by atoms with Crippen LogP contribution in [0, 0.1) is 0 Å². The summed E-state index contributed by atoms with van der Waals surface area (Å²) < 4.78 is 0. The number of carbonyl (C=O) groups is 1. The molecule has 0 aliphatic carbocycles. The zero-order valence-corrected chi connectivity index (χ0v) is 9.72. The minimum atomic E-state index is -1.04. The van der Waals surface area contributed by atoms with E-state index in [2.05, 4.69) is 15.2 Å². The minimum Gasteiger partial charge on any atom is -0.465 e. The minimum absolute atomic E-state index is 0.596. The molecule has 2 N–H and O–H groups in total. The van der Waals surface area contributed by atoms with Gasteiger partial charge in [-0.3, -0.25) is 10.3 Å². The van der Waals surface area contributed by atoms with Crippen molar-refractivity contribution in [2.24, 2.45) is 0 Å². The van der Waals surface area contributed by atoms with Crippen LogP contribution in [-0.4, -0.2) is 40.7 Å². The molecule has 0 unspecified atom stereocenters. The van der Waals surface area contributed by atoms with E-state index in [1.54, 1.807) is 12.4 Å². The highest BCUT2D eigenvalue weighted by molar-refractivity contribution is 5.83. The second kappa shape index (κ2) is 5.63. The fraction of sp³-hybridized carbons (Fsp3) is 0.500. The molecule has 5 nitrogen and oxygen atoms in total. The number of pyridine rings is 1. The molecule has 2 rings (SSSR count). The molecule has 0 bridgehead atoms. The van der Waals surface area contributed by atoms with E-state index in [0.717, 1.165) is 31.6 Å². The van der Waals surface area contributed by atoms with Crippen LogP contribution < -0.4 is 5.32 Å². The molecule has 1 aromatic rings. The third kappa shape index (κ3) is 3.42. The third-order valence-corrected chi connectivity index (χ3v) is 3.05. The third-order valence-electron chi connectivity index (χ3n) is 3.05. The predicted octanol–water partition coefficient (Wildman–Crippen LogP) is 1.81. The lowest BCUT2D eigenvalue weighted by Gasteiger charge is -2.15. The second-order valence-corrected chi connectivity index (χ2v) is 4.26. The van der Waals surface area contributed by atoms with Gasteiger partial charge in [-0.15, -0.1) is 0 Å². The molecule has 17 heavy (non-hydrogen) atoms. The van der Waals surface area contributed by atoms with Crippen LogP contribution in [0.3, 0.4) is 0 Å². The summed E-state index contributed by atoms with van der Waals surface area (Å²) in [7, 11) is 0. The van der Waals surface area contributed by atoms with Crippen LogP contribution in [0.2, 0.25) is 0 Å². The van der Waals surface area contributed by atoms with Gasteiger partial charge in [-0.05, 0) is 44.0 Å². The highest BCUT2D eigenvalue weighted by Gasteiger charge is 2.12. The molecule has 1 amide bonds. The second-order valence-electron chi connectivity index (χ2n) is 4.26. The van der Waals surface area contributed by atoms with E-state index in [1.807, 2.05) is 6.07 Å². The van der Waals surface area contributed by atoms with Crippen LogP contribution in [0.5, 0.6) is 0 Å². The normalized spacial score (nSPS) is 16.0. The summed E-state index contributed by atoms with van der Waals surface area (Å²) in [5, 5.41) is 11.1. The maximum absolute atomic E-state index is 10.6. The number of anilines is 1. The van der Waals surface area contributed by atoms with Crippen molar-refractivity contribution in [2.45, 2.75) is 19.3 Å². The molecule has 1 aliphatic heterocycles. The van der Waals surface area contributed by atoms with Crippen LogP contribution in [0.15, 0.2) is 18.5 Å². The number of carboxylic acid groups (broad SMARTS) is 1. The smallest absolute Gasteiger partial charge is 0.409 e. The Kier molecular flexibility index (Phi) is 3.93. The van der Waals surface area contributed by atoms with E-state index in [1.165, 1.54) is 12.8 Å². The lowest BCUT2D eigenvalue weighted by molar-refractivity contribution is 0.209. The number of nitrogens with zero attached hydrogens (tertiary/aromatic N) is 2. The van der Waals surface area contributed by atoms with Gasteiger partial charge in [-0.2, -0.15) is 0 Å². The van der Waals surface area contributed by atoms with Gasteiger partial charge in [-0.25, -0.2) is 4.79 Å². The van der Waals surface area contributed by atoms with E-state index < -0.39 is 6.09 Å². The number of hydrogen-bond donors (Lipinski definition) is 2. The zero-order chi connectivity index (χ0) is 12.1.